The monoisotopic (exact) mass is 386 g/mol. The Morgan fingerprint density at radius 1 is 0.962 bits per heavy atom. The molecule has 0 saturated carbocycles. The molecule has 0 bridgehead atoms. The molecule has 0 atom stereocenters. The first-order valence-corrected chi connectivity index (χ1v) is 8.75. The van der Waals surface area contributed by atoms with Crippen molar-refractivity contribution < 1.29 is 4.79 Å². The van der Waals surface area contributed by atoms with Crippen LogP contribution in [0.4, 0.5) is 0 Å². The molecule has 1 aromatic heterocycles. The lowest BCUT2D eigenvalue weighted by Gasteiger charge is -2.09. The third kappa shape index (κ3) is 4.54. The van der Waals surface area contributed by atoms with Crippen molar-refractivity contribution in [1.82, 2.24) is 9.88 Å². The van der Waals surface area contributed by atoms with Crippen LogP contribution in [0.5, 0.6) is 0 Å². The van der Waals surface area contributed by atoms with E-state index in [1.54, 1.807) is 35.0 Å². The molecule has 2 aromatic carbocycles. The van der Waals surface area contributed by atoms with E-state index in [9.17, 15) is 9.59 Å². The van der Waals surface area contributed by atoms with Gasteiger partial charge in [0.1, 0.15) is 0 Å². The number of nitrogens with zero attached hydrogens (tertiary/aromatic N) is 1. The first-order chi connectivity index (χ1) is 12.5. The summed E-state index contributed by atoms with van der Waals surface area (Å²) in [5.74, 6) is -0.280. The number of halogens is 2. The average Bonchev–Trinajstić information content (AvgIpc) is 2.65. The molecule has 0 radical (unpaired) electrons. The average molecular weight is 387 g/mol. The smallest absolute Gasteiger partial charge is 0.253 e. The summed E-state index contributed by atoms with van der Waals surface area (Å²) in [6.45, 7) is 0.873. The summed E-state index contributed by atoms with van der Waals surface area (Å²) < 4.78 is 1.64. The second-order valence-corrected chi connectivity index (χ2v) is 6.63. The molecule has 1 N–H and O–H groups in total. The summed E-state index contributed by atoms with van der Waals surface area (Å²) >= 11 is 11.9. The minimum Gasteiger partial charge on any atom is -0.348 e. The molecule has 1 amide bonds. The van der Waals surface area contributed by atoms with Gasteiger partial charge in [-0.3, -0.25) is 9.59 Å². The van der Waals surface area contributed by atoms with Gasteiger partial charge in [-0.25, -0.2) is 0 Å². The summed E-state index contributed by atoms with van der Waals surface area (Å²) in [6.07, 6.45) is 1.76. The zero-order chi connectivity index (χ0) is 18.5. The maximum Gasteiger partial charge on any atom is 0.253 e. The lowest BCUT2D eigenvalue weighted by Crippen LogP contribution is -2.23. The molecule has 132 valence electrons. The predicted molar refractivity (Wildman–Crippen MR) is 104 cm³/mol. The van der Waals surface area contributed by atoms with Crippen LogP contribution in [-0.2, 0) is 13.1 Å². The molecule has 0 unspecified atom stereocenters. The Balaban J connectivity index is 1.63. The van der Waals surface area contributed by atoms with Gasteiger partial charge in [-0.1, -0.05) is 53.5 Å². The van der Waals surface area contributed by atoms with Crippen LogP contribution in [-0.4, -0.2) is 10.5 Å². The van der Waals surface area contributed by atoms with Crippen molar-refractivity contribution in [2.45, 2.75) is 13.1 Å². The maximum atomic E-state index is 12.2. The molecule has 6 heteroatoms. The number of benzene rings is 2. The van der Waals surface area contributed by atoms with E-state index in [4.69, 9.17) is 23.2 Å². The summed E-state index contributed by atoms with van der Waals surface area (Å²) in [6, 6.07) is 17.6. The van der Waals surface area contributed by atoms with E-state index >= 15 is 0 Å². The fourth-order valence-electron chi connectivity index (χ4n) is 2.50. The highest BCUT2D eigenvalue weighted by Crippen LogP contribution is 2.20. The zero-order valence-corrected chi connectivity index (χ0v) is 15.3. The predicted octanol–water partition coefficient (Wildman–Crippen LogP) is 4.13. The van der Waals surface area contributed by atoms with Gasteiger partial charge < -0.3 is 9.88 Å². The number of amides is 1. The third-order valence-corrected chi connectivity index (χ3v) is 4.47. The van der Waals surface area contributed by atoms with Crippen LogP contribution in [0, 0.1) is 0 Å². The highest BCUT2D eigenvalue weighted by atomic mass is 35.5. The van der Waals surface area contributed by atoms with Crippen LogP contribution in [0.1, 0.15) is 21.5 Å². The molecule has 0 aliphatic rings. The van der Waals surface area contributed by atoms with Gasteiger partial charge in [0.2, 0.25) is 0 Å². The van der Waals surface area contributed by atoms with E-state index in [1.165, 1.54) is 6.07 Å². The zero-order valence-electron chi connectivity index (χ0n) is 13.8. The van der Waals surface area contributed by atoms with E-state index in [0.717, 1.165) is 11.1 Å². The highest BCUT2D eigenvalue weighted by Gasteiger charge is 2.10. The second kappa shape index (κ2) is 8.21. The van der Waals surface area contributed by atoms with Crippen LogP contribution in [0.3, 0.4) is 0 Å². The van der Waals surface area contributed by atoms with Crippen LogP contribution >= 0.6 is 23.2 Å². The molecule has 0 spiro atoms. The van der Waals surface area contributed by atoms with Gasteiger partial charge in [0.15, 0.2) is 0 Å². The minimum atomic E-state index is -0.280. The van der Waals surface area contributed by atoms with Gasteiger partial charge in [-0.15, -0.1) is 0 Å². The molecular weight excluding hydrogens is 371 g/mol. The topological polar surface area (TPSA) is 51.1 Å². The van der Waals surface area contributed by atoms with Crippen molar-refractivity contribution in [2.75, 3.05) is 0 Å². The quantitative estimate of drug-likeness (QED) is 0.716. The second-order valence-electron chi connectivity index (χ2n) is 5.79. The van der Waals surface area contributed by atoms with Gasteiger partial charge >= 0.3 is 0 Å². The Morgan fingerprint density at radius 2 is 1.69 bits per heavy atom. The summed E-state index contributed by atoms with van der Waals surface area (Å²) in [5.41, 5.74) is 2.26. The standard InChI is InChI=1S/C20H16Cl2N2O2/c21-16-8-9-18(22)17(11-16)20(26)23-12-14-4-6-15(7-5-14)13-24-10-2-1-3-19(24)25/h1-11H,12-13H2,(H,23,26). The summed E-state index contributed by atoms with van der Waals surface area (Å²) in [5, 5.41) is 3.64. The first kappa shape index (κ1) is 18.2. The number of pyridine rings is 1. The van der Waals surface area contributed by atoms with E-state index < -0.39 is 0 Å². The van der Waals surface area contributed by atoms with Crippen molar-refractivity contribution in [3.8, 4) is 0 Å². The molecular formula is C20H16Cl2N2O2. The number of carbonyl (C=O) groups excluding carboxylic acids is 1. The highest BCUT2D eigenvalue weighted by molar-refractivity contribution is 6.35. The van der Waals surface area contributed by atoms with Crippen LogP contribution in [0.15, 0.2) is 71.7 Å². The lowest BCUT2D eigenvalue weighted by molar-refractivity contribution is 0.0951. The van der Waals surface area contributed by atoms with Crippen molar-refractivity contribution in [3.63, 3.8) is 0 Å². The van der Waals surface area contributed by atoms with Crippen LogP contribution in [0.25, 0.3) is 0 Å². The van der Waals surface area contributed by atoms with E-state index in [0.29, 0.717) is 28.7 Å². The molecule has 0 aliphatic carbocycles. The van der Waals surface area contributed by atoms with Gasteiger partial charge in [0.05, 0.1) is 17.1 Å². The molecule has 4 nitrogen and oxygen atoms in total. The Kier molecular flexibility index (Phi) is 5.76. The Bertz CT molecular complexity index is 982. The van der Waals surface area contributed by atoms with Crippen molar-refractivity contribution in [2.24, 2.45) is 0 Å². The first-order valence-electron chi connectivity index (χ1n) is 7.99. The molecule has 0 aliphatic heterocycles. The molecule has 0 fully saturated rings. The van der Waals surface area contributed by atoms with E-state index in [2.05, 4.69) is 5.32 Å². The number of hydrogen-bond acceptors (Lipinski definition) is 2. The van der Waals surface area contributed by atoms with Crippen LogP contribution in [0.2, 0.25) is 10.0 Å². The van der Waals surface area contributed by atoms with Crippen molar-refractivity contribution in [3.05, 3.63) is 104 Å². The lowest BCUT2D eigenvalue weighted by atomic mass is 10.1. The largest absolute Gasteiger partial charge is 0.348 e. The van der Waals surface area contributed by atoms with Gasteiger partial charge in [-0.2, -0.15) is 0 Å². The number of carbonyl (C=O) groups is 1. The third-order valence-electron chi connectivity index (χ3n) is 3.90. The number of hydrogen-bond donors (Lipinski definition) is 1. The van der Waals surface area contributed by atoms with Gasteiger partial charge in [-0.05, 0) is 35.4 Å². The molecule has 3 rings (SSSR count). The number of nitrogens with one attached hydrogen (secondary N) is 1. The number of rotatable bonds is 5. The fraction of sp³-hybridized carbons (Fsp3) is 0.100. The SMILES string of the molecule is O=C(NCc1ccc(Cn2ccccc2=O)cc1)c1cc(Cl)ccc1Cl. The van der Waals surface area contributed by atoms with Gasteiger partial charge in [0, 0.05) is 23.8 Å². The van der Waals surface area contributed by atoms with E-state index in [1.807, 2.05) is 30.3 Å². The number of aromatic nitrogens is 1. The maximum absolute atomic E-state index is 12.2. The Hall–Kier alpha value is -2.56. The molecule has 3 aromatic rings. The minimum absolute atomic E-state index is 0.0396. The van der Waals surface area contributed by atoms with Gasteiger partial charge in [0.25, 0.3) is 11.5 Å². The summed E-state index contributed by atoms with van der Waals surface area (Å²) in [4.78, 5) is 24.0. The van der Waals surface area contributed by atoms with Crippen molar-refractivity contribution >= 4 is 29.1 Å². The Labute approximate surface area is 161 Å². The van der Waals surface area contributed by atoms with E-state index in [-0.39, 0.29) is 11.5 Å². The Morgan fingerprint density at radius 3 is 2.42 bits per heavy atom. The molecule has 1 heterocycles. The molecule has 0 saturated heterocycles. The fourth-order valence-corrected chi connectivity index (χ4v) is 2.88. The molecule has 26 heavy (non-hydrogen) atoms. The van der Waals surface area contributed by atoms with Crippen molar-refractivity contribution in [1.29, 1.82) is 0 Å². The van der Waals surface area contributed by atoms with Crippen LogP contribution < -0.4 is 10.9 Å². The normalized spacial score (nSPS) is 10.5. The summed E-state index contributed by atoms with van der Waals surface area (Å²) in [7, 11) is 0.